The number of ketones is 2. The number of rotatable bonds is 12. The van der Waals surface area contributed by atoms with Gasteiger partial charge in [-0.25, -0.2) is 4.39 Å². The van der Waals surface area contributed by atoms with Gasteiger partial charge in [0.05, 0.1) is 12.6 Å². The first-order chi connectivity index (χ1) is 24.2. The average Bonchev–Trinajstić information content (AvgIpc) is 3.27. The number of hydrogen-bond acceptors (Lipinski definition) is 6. The second kappa shape index (κ2) is 17.3. The van der Waals surface area contributed by atoms with E-state index in [4.69, 9.17) is 10.5 Å². The van der Waals surface area contributed by atoms with Crippen LogP contribution in [0.1, 0.15) is 112 Å². The van der Waals surface area contributed by atoms with E-state index in [2.05, 4.69) is 47.9 Å². The predicted octanol–water partition coefficient (Wildman–Crippen LogP) is 9.61. The largest absolute Gasteiger partial charge is 0.494 e. The lowest BCUT2D eigenvalue weighted by Gasteiger charge is -2.37. The fourth-order valence-electron chi connectivity index (χ4n) is 8.09. The molecule has 2 aromatic carbocycles. The quantitative estimate of drug-likeness (QED) is 0.0679. The van der Waals surface area contributed by atoms with E-state index in [0.29, 0.717) is 6.54 Å². The average molecular weight is 682 g/mol. The van der Waals surface area contributed by atoms with Crippen molar-refractivity contribution in [3.8, 4) is 5.75 Å². The van der Waals surface area contributed by atoms with Gasteiger partial charge in [-0.15, -0.1) is 0 Å². The number of fused-ring (bicyclic) bond motifs is 1. The molecule has 5 rings (SSSR count). The highest BCUT2D eigenvalue weighted by Crippen LogP contribution is 2.45. The van der Waals surface area contributed by atoms with Crippen molar-refractivity contribution >= 4 is 22.8 Å². The van der Waals surface area contributed by atoms with Crippen LogP contribution in [0.4, 0.5) is 10.1 Å². The highest BCUT2D eigenvalue weighted by Gasteiger charge is 2.43. The van der Waals surface area contributed by atoms with Gasteiger partial charge < -0.3 is 21.1 Å². The van der Waals surface area contributed by atoms with Crippen molar-refractivity contribution in [2.45, 2.75) is 103 Å². The zero-order valence-electron chi connectivity index (χ0n) is 30.5. The molecule has 0 bridgehead atoms. The van der Waals surface area contributed by atoms with Crippen LogP contribution in [0, 0.1) is 30.5 Å². The van der Waals surface area contributed by atoms with Gasteiger partial charge in [0.25, 0.3) is 0 Å². The summed E-state index contributed by atoms with van der Waals surface area (Å²) in [6, 6.07) is 11.3. The van der Waals surface area contributed by atoms with Gasteiger partial charge in [-0.3, -0.25) is 9.59 Å². The smallest absolute Gasteiger partial charge is 0.166 e. The molecule has 3 aliphatic rings. The Morgan fingerprint density at radius 1 is 1.04 bits per heavy atom. The molecular formula is C43H56FN3O3. The molecule has 2 aliphatic carbocycles. The molecule has 0 radical (unpaired) electrons. The summed E-state index contributed by atoms with van der Waals surface area (Å²) in [6.07, 6.45) is 21.1. The van der Waals surface area contributed by atoms with Crippen molar-refractivity contribution in [3.63, 3.8) is 0 Å². The molecule has 4 N–H and O–H groups in total. The van der Waals surface area contributed by atoms with Gasteiger partial charge in [-0.2, -0.15) is 0 Å². The number of carbonyl (C=O) groups excluding carboxylic acids is 2. The van der Waals surface area contributed by atoms with Gasteiger partial charge in [0.2, 0.25) is 0 Å². The SMILES string of the molecule is CCC(=CCCCN)C(=O)C1CCCC(C(=O)c2ccc(N/C3=C/CC/C=C\CCC4C(c5ccc(OC)c(F)c5)=CNC34C)cc2C)CC1. The molecule has 0 amide bonds. The normalized spacial score (nSPS) is 26.0. The third-order valence-electron chi connectivity index (χ3n) is 11.1. The number of carbonyl (C=O) groups is 2. The summed E-state index contributed by atoms with van der Waals surface area (Å²) < 4.78 is 20.0. The van der Waals surface area contributed by atoms with Crippen LogP contribution in [0.2, 0.25) is 0 Å². The molecule has 50 heavy (non-hydrogen) atoms. The van der Waals surface area contributed by atoms with Gasteiger partial charge in [0.1, 0.15) is 0 Å². The molecule has 1 heterocycles. The monoisotopic (exact) mass is 681 g/mol. The minimum atomic E-state index is -0.440. The number of hydrogen-bond donors (Lipinski definition) is 3. The molecule has 0 spiro atoms. The Bertz CT molecular complexity index is 1660. The van der Waals surface area contributed by atoms with E-state index in [-0.39, 0.29) is 40.9 Å². The number of aryl methyl sites for hydroxylation is 1. The summed E-state index contributed by atoms with van der Waals surface area (Å²) >= 11 is 0. The van der Waals surface area contributed by atoms with Crippen molar-refractivity contribution in [1.29, 1.82) is 0 Å². The molecule has 7 heteroatoms. The van der Waals surface area contributed by atoms with Crippen LogP contribution in [0.3, 0.4) is 0 Å². The molecule has 1 fully saturated rings. The van der Waals surface area contributed by atoms with Crippen LogP contribution in [0.25, 0.3) is 5.57 Å². The third-order valence-corrected chi connectivity index (χ3v) is 11.1. The Labute approximate surface area is 298 Å². The van der Waals surface area contributed by atoms with E-state index in [9.17, 15) is 14.0 Å². The van der Waals surface area contributed by atoms with E-state index >= 15 is 0 Å². The minimum Gasteiger partial charge on any atom is -0.494 e. The molecule has 2 aromatic rings. The lowest BCUT2D eigenvalue weighted by Crippen LogP contribution is -2.46. The fraction of sp³-hybridized carbons (Fsp3) is 0.488. The van der Waals surface area contributed by atoms with Gasteiger partial charge in [-0.05, 0) is 144 Å². The number of anilines is 1. The molecule has 4 unspecified atom stereocenters. The van der Waals surface area contributed by atoms with E-state index in [1.807, 2.05) is 38.2 Å². The Hall–Kier alpha value is -3.97. The number of nitrogens with one attached hydrogen (secondary N) is 2. The first kappa shape index (κ1) is 37.3. The zero-order chi connectivity index (χ0) is 35.7. The fourth-order valence-corrected chi connectivity index (χ4v) is 8.09. The summed E-state index contributed by atoms with van der Waals surface area (Å²) in [5.41, 5.74) is 11.8. The van der Waals surface area contributed by atoms with Gasteiger partial charge in [-0.1, -0.05) is 43.7 Å². The molecule has 1 saturated carbocycles. The number of allylic oxidation sites excluding steroid dienone is 5. The van der Waals surface area contributed by atoms with Crippen molar-refractivity contribution in [2.75, 3.05) is 19.0 Å². The van der Waals surface area contributed by atoms with Crippen LogP contribution in [0.5, 0.6) is 5.75 Å². The van der Waals surface area contributed by atoms with Gasteiger partial charge in [0.15, 0.2) is 23.1 Å². The Kier molecular flexibility index (Phi) is 12.9. The summed E-state index contributed by atoms with van der Waals surface area (Å²) in [5, 5.41) is 7.43. The standard InChI is InChI=1S/C43H56FN3O3/c1-5-30(14-11-12-25-45)41(48)31-15-13-16-32(20-19-31)42(49)35-23-22-34(26-29(35)2)47-40-18-10-8-6-7-9-17-37-36(28-46-43(37,40)3)33-21-24-39(50-4)38(44)27-33/h6-7,14,18,21-24,26-28,31-32,37,46-47H,5,8-13,15-17,19-20,25,45H2,1-4H3/b7-6-,30-14?,40-18+. The lowest BCUT2D eigenvalue weighted by atomic mass is 9.75. The zero-order valence-corrected chi connectivity index (χ0v) is 30.5. The van der Waals surface area contributed by atoms with Crippen LogP contribution >= 0.6 is 0 Å². The second-order valence-electron chi connectivity index (χ2n) is 14.4. The van der Waals surface area contributed by atoms with Crippen molar-refractivity contribution in [2.24, 2.45) is 23.5 Å². The highest BCUT2D eigenvalue weighted by molar-refractivity contribution is 6.00. The first-order valence-corrected chi connectivity index (χ1v) is 18.7. The van der Waals surface area contributed by atoms with E-state index in [1.54, 1.807) is 12.1 Å². The Morgan fingerprint density at radius 2 is 1.82 bits per heavy atom. The van der Waals surface area contributed by atoms with Crippen molar-refractivity contribution < 1.29 is 18.7 Å². The summed E-state index contributed by atoms with van der Waals surface area (Å²) in [6.45, 7) is 6.92. The van der Waals surface area contributed by atoms with Crippen LogP contribution < -0.4 is 21.1 Å². The van der Waals surface area contributed by atoms with Crippen molar-refractivity contribution in [1.82, 2.24) is 5.32 Å². The molecule has 0 saturated heterocycles. The molecule has 268 valence electrons. The Morgan fingerprint density at radius 3 is 2.56 bits per heavy atom. The topological polar surface area (TPSA) is 93.5 Å². The van der Waals surface area contributed by atoms with E-state index in [0.717, 1.165) is 116 Å². The number of nitrogens with two attached hydrogens (primary N) is 1. The van der Waals surface area contributed by atoms with E-state index in [1.165, 1.54) is 7.11 Å². The van der Waals surface area contributed by atoms with Gasteiger partial charge in [0, 0.05) is 40.9 Å². The maximum Gasteiger partial charge on any atom is 0.166 e. The van der Waals surface area contributed by atoms with Crippen LogP contribution in [-0.4, -0.2) is 30.8 Å². The highest BCUT2D eigenvalue weighted by atomic mass is 19.1. The number of unbranched alkanes of at least 4 members (excludes halogenated alkanes) is 1. The van der Waals surface area contributed by atoms with Gasteiger partial charge >= 0.3 is 0 Å². The number of benzene rings is 2. The maximum absolute atomic E-state index is 14.8. The van der Waals surface area contributed by atoms with E-state index < -0.39 is 5.54 Å². The Balaban J connectivity index is 1.30. The minimum absolute atomic E-state index is 0.00118. The first-order valence-electron chi connectivity index (χ1n) is 18.7. The second-order valence-corrected chi connectivity index (χ2v) is 14.4. The van der Waals surface area contributed by atoms with Crippen LogP contribution in [-0.2, 0) is 4.79 Å². The molecule has 1 aliphatic heterocycles. The number of methoxy groups -OCH3 is 1. The van der Waals surface area contributed by atoms with Crippen LogP contribution in [0.15, 0.2) is 78.2 Å². The number of Topliss-reactive ketones (excluding diaryl/α,β-unsaturated/α-hetero) is 2. The summed E-state index contributed by atoms with van der Waals surface area (Å²) in [4.78, 5) is 27.3. The third kappa shape index (κ3) is 8.48. The maximum atomic E-state index is 14.8. The predicted molar refractivity (Wildman–Crippen MR) is 203 cm³/mol. The molecule has 4 atom stereocenters. The molecule has 0 aromatic heterocycles. The number of halogens is 1. The van der Waals surface area contributed by atoms with Crippen molar-refractivity contribution in [3.05, 3.63) is 101 Å². The number of ether oxygens (including phenoxy) is 1. The summed E-state index contributed by atoms with van der Waals surface area (Å²) in [7, 11) is 1.48. The molecule has 6 nitrogen and oxygen atoms in total. The lowest BCUT2D eigenvalue weighted by molar-refractivity contribution is -0.119. The molecular weight excluding hydrogens is 625 g/mol. The summed E-state index contributed by atoms with van der Waals surface area (Å²) in [5.74, 6) is 0.348.